The molecule has 0 amide bonds. The van der Waals surface area contributed by atoms with Gasteiger partial charge in [0.2, 0.25) is 0 Å². The van der Waals surface area contributed by atoms with Gasteiger partial charge in [0.15, 0.2) is 0 Å². The number of benzene rings is 1. The SMILES string of the molecule is COc1cc(C[Si](C)(C)C)cc(OC)c1. The van der Waals surface area contributed by atoms with E-state index in [0.717, 1.165) is 17.5 Å². The summed E-state index contributed by atoms with van der Waals surface area (Å²) in [5, 5.41) is 0. The Bertz CT molecular complexity index is 307. The maximum atomic E-state index is 5.25. The van der Waals surface area contributed by atoms with Gasteiger partial charge in [-0.15, -0.1) is 0 Å². The molecule has 0 aliphatic heterocycles. The Kier molecular flexibility index (Phi) is 3.80. The molecule has 0 atom stereocenters. The highest BCUT2D eigenvalue weighted by Crippen LogP contribution is 2.24. The lowest BCUT2D eigenvalue weighted by Gasteiger charge is -2.17. The molecule has 1 rings (SSSR count). The summed E-state index contributed by atoms with van der Waals surface area (Å²) in [6.45, 7) is 7.08. The summed E-state index contributed by atoms with van der Waals surface area (Å²) < 4.78 is 10.5. The summed E-state index contributed by atoms with van der Waals surface area (Å²) in [4.78, 5) is 0. The number of ether oxygens (including phenoxy) is 2. The molecule has 0 bridgehead atoms. The van der Waals surface area contributed by atoms with Crippen molar-refractivity contribution in [1.82, 2.24) is 0 Å². The Morgan fingerprint density at radius 1 is 0.933 bits per heavy atom. The first-order chi connectivity index (χ1) is 6.94. The van der Waals surface area contributed by atoms with Gasteiger partial charge in [0, 0.05) is 14.1 Å². The first kappa shape index (κ1) is 12.1. The summed E-state index contributed by atoms with van der Waals surface area (Å²) in [5.41, 5.74) is 1.31. The highest BCUT2D eigenvalue weighted by molar-refractivity contribution is 6.75. The van der Waals surface area contributed by atoms with E-state index < -0.39 is 8.07 Å². The first-order valence-corrected chi connectivity index (χ1v) is 8.87. The molecule has 0 aliphatic rings. The molecule has 0 heterocycles. The van der Waals surface area contributed by atoms with Crippen LogP contribution in [0.25, 0.3) is 0 Å². The van der Waals surface area contributed by atoms with Gasteiger partial charge in [-0.2, -0.15) is 0 Å². The lowest BCUT2D eigenvalue weighted by atomic mass is 10.2. The Morgan fingerprint density at radius 3 is 1.73 bits per heavy atom. The van der Waals surface area contributed by atoms with E-state index in [1.54, 1.807) is 14.2 Å². The quantitative estimate of drug-likeness (QED) is 0.732. The number of hydrogen-bond donors (Lipinski definition) is 0. The highest BCUT2D eigenvalue weighted by atomic mass is 28.3. The molecule has 2 nitrogen and oxygen atoms in total. The third kappa shape index (κ3) is 3.96. The van der Waals surface area contributed by atoms with Crippen LogP contribution in [0.1, 0.15) is 5.56 Å². The lowest BCUT2D eigenvalue weighted by Crippen LogP contribution is -2.23. The van der Waals surface area contributed by atoms with Crippen molar-refractivity contribution in [2.24, 2.45) is 0 Å². The monoisotopic (exact) mass is 224 g/mol. The Hall–Kier alpha value is -0.963. The van der Waals surface area contributed by atoms with Gasteiger partial charge in [-0.3, -0.25) is 0 Å². The van der Waals surface area contributed by atoms with E-state index in [9.17, 15) is 0 Å². The van der Waals surface area contributed by atoms with E-state index in [1.807, 2.05) is 6.07 Å². The second-order valence-electron chi connectivity index (χ2n) is 4.96. The lowest BCUT2D eigenvalue weighted by molar-refractivity contribution is 0.393. The zero-order valence-corrected chi connectivity index (χ0v) is 11.3. The number of hydrogen-bond acceptors (Lipinski definition) is 2. The largest absolute Gasteiger partial charge is 0.497 e. The van der Waals surface area contributed by atoms with Crippen molar-refractivity contribution in [1.29, 1.82) is 0 Å². The van der Waals surface area contributed by atoms with Crippen molar-refractivity contribution < 1.29 is 9.47 Å². The van der Waals surface area contributed by atoms with Gasteiger partial charge in [-0.25, -0.2) is 0 Å². The fraction of sp³-hybridized carbons (Fsp3) is 0.500. The van der Waals surface area contributed by atoms with E-state index in [-0.39, 0.29) is 0 Å². The Morgan fingerprint density at radius 2 is 1.40 bits per heavy atom. The number of methoxy groups -OCH3 is 2. The smallest absolute Gasteiger partial charge is 0.122 e. The third-order valence-corrected chi connectivity index (χ3v) is 3.61. The van der Waals surface area contributed by atoms with Crippen LogP contribution in [0.4, 0.5) is 0 Å². The summed E-state index contributed by atoms with van der Waals surface area (Å²) >= 11 is 0. The summed E-state index contributed by atoms with van der Waals surface area (Å²) in [6.07, 6.45) is 0. The van der Waals surface area contributed by atoms with E-state index in [4.69, 9.17) is 9.47 Å². The van der Waals surface area contributed by atoms with Crippen LogP contribution in [0.3, 0.4) is 0 Å². The van der Waals surface area contributed by atoms with E-state index in [2.05, 4.69) is 31.8 Å². The molecule has 1 aromatic rings. The van der Waals surface area contributed by atoms with E-state index in [1.165, 1.54) is 5.56 Å². The van der Waals surface area contributed by atoms with Crippen LogP contribution in [-0.2, 0) is 6.04 Å². The van der Waals surface area contributed by atoms with Crippen LogP contribution < -0.4 is 9.47 Å². The van der Waals surface area contributed by atoms with E-state index in [0.29, 0.717) is 0 Å². The van der Waals surface area contributed by atoms with Crippen molar-refractivity contribution in [3.8, 4) is 11.5 Å². The van der Waals surface area contributed by atoms with Crippen LogP contribution in [-0.4, -0.2) is 22.3 Å². The van der Waals surface area contributed by atoms with Gasteiger partial charge in [0.1, 0.15) is 11.5 Å². The zero-order chi connectivity index (χ0) is 11.5. The molecular weight excluding hydrogens is 204 g/mol. The molecule has 0 N–H and O–H groups in total. The minimum absolute atomic E-state index is 0.877. The van der Waals surface area contributed by atoms with Gasteiger partial charge in [-0.05, 0) is 23.7 Å². The Labute approximate surface area is 93.2 Å². The average molecular weight is 224 g/mol. The molecule has 0 fully saturated rings. The summed E-state index contributed by atoms with van der Waals surface area (Å²) in [7, 11) is 2.29. The minimum Gasteiger partial charge on any atom is -0.497 e. The van der Waals surface area contributed by atoms with Gasteiger partial charge in [0.05, 0.1) is 14.2 Å². The molecule has 0 aliphatic carbocycles. The van der Waals surface area contributed by atoms with Gasteiger partial charge in [0.25, 0.3) is 0 Å². The molecule has 0 spiro atoms. The molecule has 84 valence electrons. The predicted octanol–water partition coefficient (Wildman–Crippen LogP) is 3.12. The topological polar surface area (TPSA) is 18.5 Å². The fourth-order valence-electron chi connectivity index (χ4n) is 1.58. The standard InChI is InChI=1S/C12H20O2Si/c1-13-11-6-10(9-15(3,4)5)7-12(8-11)14-2/h6-8H,9H2,1-5H3. The van der Waals surface area contributed by atoms with Crippen molar-refractivity contribution >= 4 is 8.07 Å². The second-order valence-corrected chi connectivity index (χ2v) is 10.4. The fourth-order valence-corrected chi connectivity index (χ4v) is 3.01. The third-order valence-electron chi connectivity index (χ3n) is 2.15. The zero-order valence-electron chi connectivity index (χ0n) is 10.3. The maximum absolute atomic E-state index is 5.25. The van der Waals surface area contributed by atoms with Crippen molar-refractivity contribution in [2.45, 2.75) is 25.7 Å². The molecule has 0 saturated carbocycles. The van der Waals surface area contributed by atoms with E-state index >= 15 is 0 Å². The predicted molar refractivity (Wildman–Crippen MR) is 66.6 cm³/mol. The summed E-state index contributed by atoms with van der Waals surface area (Å²) in [5.74, 6) is 1.75. The van der Waals surface area contributed by atoms with Crippen LogP contribution >= 0.6 is 0 Å². The molecule has 0 aromatic heterocycles. The van der Waals surface area contributed by atoms with Crippen LogP contribution in [0.2, 0.25) is 19.6 Å². The molecule has 3 heteroatoms. The molecular formula is C12H20O2Si. The van der Waals surface area contributed by atoms with Crippen LogP contribution in [0.5, 0.6) is 11.5 Å². The molecule has 15 heavy (non-hydrogen) atoms. The molecule has 1 aromatic carbocycles. The minimum atomic E-state index is -1.08. The maximum Gasteiger partial charge on any atom is 0.122 e. The van der Waals surface area contributed by atoms with Gasteiger partial charge >= 0.3 is 0 Å². The van der Waals surface area contributed by atoms with Crippen LogP contribution in [0.15, 0.2) is 18.2 Å². The normalized spacial score (nSPS) is 11.3. The molecule has 0 unspecified atom stereocenters. The number of rotatable bonds is 4. The highest BCUT2D eigenvalue weighted by Gasteiger charge is 2.15. The Balaban J connectivity index is 2.97. The molecule has 0 saturated heterocycles. The first-order valence-electron chi connectivity index (χ1n) is 5.16. The van der Waals surface area contributed by atoms with Crippen molar-refractivity contribution in [3.63, 3.8) is 0 Å². The van der Waals surface area contributed by atoms with Crippen LogP contribution in [0, 0.1) is 0 Å². The van der Waals surface area contributed by atoms with Gasteiger partial charge in [-0.1, -0.05) is 19.6 Å². The summed E-state index contributed by atoms with van der Waals surface area (Å²) in [6, 6.07) is 7.26. The van der Waals surface area contributed by atoms with Gasteiger partial charge < -0.3 is 9.47 Å². The average Bonchev–Trinajstić information content (AvgIpc) is 2.14. The molecule has 0 radical (unpaired) electrons. The second kappa shape index (κ2) is 4.70. The van der Waals surface area contributed by atoms with Crippen molar-refractivity contribution in [2.75, 3.05) is 14.2 Å². The van der Waals surface area contributed by atoms with Crippen molar-refractivity contribution in [3.05, 3.63) is 23.8 Å².